The number of fused-ring (bicyclic) bond motifs is 1. The normalized spacial score (nSPS) is 13.9. The lowest BCUT2D eigenvalue weighted by Crippen LogP contribution is -1.97. The summed E-state index contributed by atoms with van der Waals surface area (Å²) >= 11 is 5.94. The minimum Gasteiger partial charge on any atom is -0.490 e. The van der Waals surface area contributed by atoms with E-state index in [9.17, 15) is 0 Å². The number of rotatable bonds is 1. The molecule has 1 aliphatic heterocycles. The molecular formula is C15H14ClNO2. The topological polar surface area (TPSA) is 44.5 Å². The smallest absolute Gasteiger partial charge is 0.161 e. The Labute approximate surface area is 116 Å². The summed E-state index contributed by atoms with van der Waals surface area (Å²) in [5.74, 6) is 1.58. The molecule has 3 rings (SSSR count). The molecule has 2 aromatic carbocycles. The van der Waals surface area contributed by atoms with Crippen LogP contribution in [0.1, 0.15) is 6.42 Å². The fourth-order valence-corrected chi connectivity index (χ4v) is 2.18. The number of hydrogen-bond acceptors (Lipinski definition) is 3. The van der Waals surface area contributed by atoms with Crippen molar-refractivity contribution in [3.63, 3.8) is 0 Å². The van der Waals surface area contributed by atoms with Gasteiger partial charge in [0.05, 0.1) is 23.9 Å². The minimum absolute atomic E-state index is 0.568. The quantitative estimate of drug-likeness (QED) is 0.806. The van der Waals surface area contributed by atoms with Gasteiger partial charge in [0, 0.05) is 6.42 Å². The zero-order chi connectivity index (χ0) is 13.2. The van der Waals surface area contributed by atoms with Crippen LogP contribution in [-0.4, -0.2) is 13.2 Å². The average molecular weight is 276 g/mol. The predicted molar refractivity (Wildman–Crippen MR) is 76.9 cm³/mol. The van der Waals surface area contributed by atoms with Crippen molar-refractivity contribution in [1.82, 2.24) is 0 Å². The Kier molecular flexibility index (Phi) is 3.22. The van der Waals surface area contributed by atoms with E-state index in [2.05, 4.69) is 0 Å². The Bertz CT molecular complexity index is 613. The standard InChI is InChI=1S/C15H14ClNO2/c16-12-4-2-10(8-13(12)17)11-3-5-14-15(9-11)19-7-1-6-18-14/h2-5,8-9H,1,6-7,17H2. The van der Waals surface area contributed by atoms with Crippen molar-refractivity contribution < 1.29 is 9.47 Å². The molecule has 3 nitrogen and oxygen atoms in total. The van der Waals surface area contributed by atoms with Gasteiger partial charge >= 0.3 is 0 Å². The summed E-state index contributed by atoms with van der Waals surface area (Å²) in [6, 6.07) is 11.5. The molecule has 1 aliphatic rings. The molecule has 19 heavy (non-hydrogen) atoms. The second-order valence-corrected chi connectivity index (χ2v) is 4.86. The minimum atomic E-state index is 0.568. The van der Waals surface area contributed by atoms with Crippen molar-refractivity contribution in [2.45, 2.75) is 6.42 Å². The number of nitrogens with two attached hydrogens (primary N) is 1. The van der Waals surface area contributed by atoms with Gasteiger partial charge in [0.1, 0.15) is 0 Å². The van der Waals surface area contributed by atoms with E-state index in [1.54, 1.807) is 6.07 Å². The molecular weight excluding hydrogens is 262 g/mol. The highest BCUT2D eigenvalue weighted by Gasteiger charge is 2.11. The largest absolute Gasteiger partial charge is 0.490 e. The van der Waals surface area contributed by atoms with Crippen LogP contribution in [0.5, 0.6) is 11.5 Å². The van der Waals surface area contributed by atoms with Gasteiger partial charge in [-0.25, -0.2) is 0 Å². The number of nitrogen functional groups attached to an aromatic ring is 1. The Morgan fingerprint density at radius 2 is 1.58 bits per heavy atom. The van der Waals surface area contributed by atoms with E-state index in [0.717, 1.165) is 29.0 Å². The second-order valence-electron chi connectivity index (χ2n) is 4.45. The molecule has 0 unspecified atom stereocenters. The number of benzene rings is 2. The second kappa shape index (κ2) is 5.02. The van der Waals surface area contributed by atoms with Gasteiger partial charge in [0.15, 0.2) is 11.5 Å². The van der Waals surface area contributed by atoms with Crippen LogP contribution >= 0.6 is 11.6 Å². The number of anilines is 1. The first-order valence-electron chi connectivity index (χ1n) is 6.19. The third kappa shape index (κ3) is 2.47. The lowest BCUT2D eigenvalue weighted by Gasteiger charge is -2.10. The SMILES string of the molecule is Nc1cc(-c2ccc3c(c2)OCCCO3)ccc1Cl. The molecule has 0 fully saturated rings. The molecule has 4 heteroatoms. The molecule has 0 saturated heterocycles. The fraction of sp³-hybridized carbons (Fsp3) is 0.200. The summed E-state index contributed by atoms with van der Waals surface area (Å²) in [5, 5.41) is 0.568. The summed E-state index contributed by atoms with van der Waals surface area (Å²) in [6.07, 6.45) is 0.901. The fourth-order valence-electron chi connectivity index (χ4n) is 2.07. The van der Waals surface area contributed by atoms with Gasteiger partial charge in [-0.15, -0.1) is 0 Å². The maximum Gasteiger partial charge on any atom is 0.161 e. The Morgan fingerprint density at radius 1 is 0.895 bits per heavy atom. The highest BCUT2D eigenvalue weighted by atomic mass is 35.5. The Balaban J connectivity index is 2.01. The lowest BCUT2D eigenvalue weighted by atomic mass is 10.0. The molecule has 1 heterocycles. The van der Waals surface area contributed by atoms with E-state index in [-0.39, 0.29) is 0 Å². The van der Waals surface area contributed by atoms with Crippen LogP contribution in [-0.2, 0) is 0 Å². The first kappa shape index (κ1) is 12.2. The van der Waals surface area contributed by atoms with Crippen molar-refractivity contribution in [3.05, 3.63) is 41.4 Å². The van der Waals surface area contributed by atoms with Crippen LogP contribution in [0.3, 0.4) is 0 Å². The van der Waals surface area contributed by atoms with Gasteiger partial charge in [0.2, 0.25) is 0 Å². The summed E-state index contributed by atoms with van der Waals surface area (Å²) < 4.78 is 11.3. The van der Waals surface area contributed by atoms with Crippen LogP contribution in [0.4, 0.5) is 5.69 Å². The summed E-state index contributed by atoms with van der Waals surface area (Å²) in [6.45, 7) is 1.37. The number of hydrogen-bond donors (Lipinski definition) is 1. The highest BCUT2D eigenvalue weighted by Crippen LogP contribution is 2.35. The third-order valence-corrected chi connectivity index (χ3v) is 3.42. The van der Waals surface area contributed by atoms with Crippen LogP contribution in [0, 0.1) is 0 Å². The molecule has 0 atom stereocenters. The molecule has 0 aliphatic carbocycles. The van der Waals surface area contributed by atoms with Crippen molar-refractivity contribution in [1.29, 1.82) is 0 Å². The molecule has 0 saturated carbocycles. The first-order valence-corrected chi connectivity index (χ1v) is 6.57. The van der Waals surface area contributed by atoms with Crippen molar-refractivity contribution >= 4 is 17.3 Å². The van der Waals surface area contributed by atoms with E-state index < -0.39 is 0 Å². The molecule has 0 spiro atoms. The predicted octanol–water partition coefficient (Wildman–Crippen LogP) is 3.75. The monoisotopic (exact) mass is 275 g/mol. The maximum absolute atomic E-state index is 5.94. The highest BCUT2D eigenvalue weighted by molar-refractivity contribution is 6.33. The zero-order valence-electron chi connectivity index (χ0n) is 10.4. The molecule has 98 valence electrons. The van der Waals surface area contributed by atoms with E-state index in [4.69, 9.17) is 26.8 Å². The maximum atomic E-state index is 5.94. The van der Waals surface area contributed by atoms with E-state index in [1.165, 1.54) is 0 Å². The lowest BCUT2D eigenvalue weighted by molar-refractivity contribution is 0.297. The molecule has 0 bridgehead atoms. The van der Waals surface area contributed by atoms with Crippen molar-refractivity contribution in [2.24, 2.45) is 0 Å². The summed E-state index contributed by atoms with van der Waals surface area (Å²) in [4.78, 5) is 0. The van der Waals surface area contributed by atoms with Crippen LogP contribution in [0.25, 0.3) is 11.1 Å². The summed E-state index contributed by atoms with van der Waals surface area (Å²) in [5.41, 5.74) is 8.45. The van der Waals surface area contributed by atoms with Gasteiger partial charge in [-0.1, -0.05) is 23.7 Å². The van der Waals surface area contributed by atoms with Gasteiger partial charge in [-0.05, 0) is 35.4 Å². The van der Waals surface area contributed by atoms with E-state index in [0.29, 0.717) is 23.9 Å². The molecule has 0 aromatic heterocycles. The van der Waals surface area contributed by atoms with Crippen LogP contribution < -0.4 is 15.2 Å². The third-order valence-electron chi connectivity index (χ3n) is 3.08. The Morgan fingerprint density at radius 3 is 2.37 bits per heavy atom. The first-order chi connectivity index (χ1) is 9.24. The molecule has 0 radical (unpaired) electrons. The van der Waals surface area contributed by atoms with Crippen LogP contribution in [0.2, 0.25) is 5.02 Å². The van der Waals surface area contributed by atoms with Gasteiger partial charge in [0.25, 0.3) is 0 Å². The van der Waals surface area contributed by atoms with E-state index in [1.807, 2.05) is 30.3 Å². The summed E-state index contributed by atoms with van der Waals surface area (Å²) in [7, 11) is 0. The molecule has 0 amide bonds. The molecule has 2 N–H and O–H groups in total. The number of ether oxygens (including phenoxy) is 2. The van der Waals surface area contributed by atoms with Crippen molar-refractivity contribution in [3.8, 4) is 22.6 Å². The number of halogens is 1. The van der Waals surface area contributed by atoms with Gasteiger partial charge in [-0.2, -0.15) is 0 Å². The Hall–Kier alpha value is -1.87. The van der Waals surface area contributed by atoms with Gasteiger partial charge in [-0.3, -0.25) is 0 Å². The average Bonchev–Trinajstić information content (AvgIpc) is 2.66. The van der Waals surface area contributed by atoms with Gasteiger partial charge < -0.3 is 15.2 Å². The van der Waals surface area contributed by atoms with E-state index >= 15 is 0 Å². The zero-order valence-corrected chi connectivity index (χ0v) is 11.1. The molecule has 2 aromatic rings. The van der Waals surface area contributed by atoms with Crippen molar-refractivity contribution in [2.75, 3.05) is 18.9 Å². The van der Waals surface area contributed by atoms with Crippen LogP contribution in [0.15, 0.2) is 36.4 Å².